The minimum Gasteiger partial charge on any atom is -0.367 e. The Kier molecular flexibility index (Phi) is 4.71. The average Bonchev–Trinajstić information content (AvgIpc) is 3.51. The highest BCUT2D eigenvalue weighted by Gasteiger charge is 2.26. The van der Waals surface area contributed by atoms with Crippen LogP contribution in [0.4, 0.5) is 11.8 Å². The van der Waals surface area contributed by atoms with Crippen molar-refractivity contribution in [3.63, 3.8) is 0 Å². The summed E-state index contributed by atoms with van der Waals surface area (Å²) in [6.07, 6.45) is 13.1. The Balaban J connectivity index is 1.16. The summed E-state index contributed by atoms with van der Waals surface area (Å²) in [6, 6.07) is 9.67. The molecule has 0 unspecified atom stereocenters. The molecule has 148 valence electrons. The molecule has 0 amide bonds. The Bertz CT molecular complexity index is 1030. The molecule has 2 fully saturated rings. The van der Waals surface area contributed by atoms with Gasteiger partial charge in [0.05, 0.1) is 11.9 Å². The Hall–Kier alpha value is -3.22. The zero-order chi connectivity index (χ0) is 19.6. The maximum absolute atomic E-state index is 11.9. The highest BCUT2D eigenvalue weighted by molar-refractivity contribution is 5.42. The molecule has 2 N–H and O–H groups in total. The largest absolute Gasteiger partial charge is 0.367 e. The van der Waals surface area contributed by atoms with E-state index in [4.69, 9.17) is 0 Å². The first-order valence-corrected chi connectivity index (χ1v) is 10.2. The fourth-order valence-corrected chi connectivity index (χ4v) is 3.93. The Morgan fingerprint density at radius 2 is 1.66 bits per heavy atom. The fourth-order valence-electron chi connectivity index (χ4n) is 3.93. The molecule has 29 heavy (non-hydrogen) atoms. The zero-order valence-electron chi connectivity index (χ0n) is 16.2. The molecule has 0 saturated heterocycles. The summed E-state index contributed by atoms with van der Waals surface area (Å²) in [4.78, 5) is 25.4. The molecule has 3 aromatic heterocycles. The van der Waals surface area contributed by atoms with Gasteiger partial charge in [-0.2, -0.15) is 0 Å². The van der Waals surface area contributed by atoms with Gasteiger partial charge < -0.3 is 10.6 Å². The predicted octanol–water partition coefficient (Wildman–Crippen LogP) is 3.35. The summed E-state index contributed by atoms with van der Waals surface area (Å²) in [5.41, 5.74) is 1.96. The van der Waals surface area contributed by atoms with Crippen LogP contribution in [0.1, 0.15) is 43.6 Å². The number of hydrogen-bond acceptors (Lipinski definition) is 6. The van der Waals surface area contributed by atoms with E-state index in [-0.39, 0.29) is 5.56 Å². The van der Waals surface area contributed by atoms with Gasteiger partial charge in [0.15, 0.2) is 0 Å². The molecule has 3 heterocycles. The van der Waals surface area contributed by atoms with Gasteiger partial charge >= 0.3 is 0 Å². The maximum Gasteiger partial charge on any atom is 0.255 e. The zero-order valence-corrected chi connectivity index (χ0v) is 16.2. The van der Waals surface area contributed by atoms with Crippen LogP contribution in [0, 0.1) is 0 Å². The van der Waals surface area contributed by atoms with Gasteiger partial charge in [-0.05, 0) is 61.8 Å². The van der Waals surface area contributed by atoms with E-state index in [9.17, 15) is 4.79 Å². The van der Waals surface area contributed by atoms with Crippen molar-refractivity contribution in [3.8, 4) is 5.69 Å². The predicted molar refractivity (Wildman–Crippen MR) is 113 cm³/mol. The minimum absolute atomic E-state index is 0.0629. The summed E-state index contributed by atoms with van der Waals surface area (Å²) in [6.45, 7) is 0. The van der Waals surface area contributed by atoms with Gasteiger partial charge in [-0.25, -0.2) is 15.0 Å². The van der Waals surface area contributed by atoms with Gasteiger partial charge in [-0.3, -0.25) is 9.36 Å². The second kappa shape index (κ2) is 7.66. The van der Waals surface area contributed by atoms with Gasteiger partial charge in [-0.1, -0.05) is 6.07 Å². The molecule has 5 rings (SSSR count). The molecule has 0 aromatic carbocycles. The highest BCUT2D eigenvalue weighted by atomic mass is 16.1. The monoisotopic (exact) mass is 388 g/mol. The smallest absolute Gasteiger partial charge is 0.255 e. The van der Waals surface area contributed by atoms with Crippen molar-refractivity contribution >= 4 is 11.8 Å². The van der Waals surface area contributed by atoms with Gasteiger partial charge in [-0.15, -0.1) is 0 Å². The minimum atomic E-state index is -0.0629. The average molecular weight is 388 g/mol. The second-order valence-electron chi connectivity index (χ2n) is 7.92. The van der Waals surface area contributed by atoms with Gasteiger partial charge in [0.25, 0.3) is 5.56 Å². The Labute approximate surface area is 169 Å². The SMILES string of the molecule is O=c1ccccn1-c1ccc(N[C@@H]2CC[C@H](Nc3ncc(C4CC4)cn3)C2)nc1. The molecule has 0 bridgehead atoms. The van der Waals surface area contributed by atoms with Crippen LogP contribution in [0.2, 0.25) is 0 Å². The summed E-state index contributed by atoms with van der Waals surface area (Å²) in [5, 5.41) is 6.96. The van der Waals surface area contributed by atoms with Gasteiger partial charge in [0.1, 0.15) is 5.82 Å². The lowest BCUT2D eigenvalue weighted by Gasteiger charge is -2.15. The number of pyridine rings is 2. The molecular formula is C22H24N6O. The topological polar surface area (TPSA) is 84.7 Å². The first-order valence-electron chi connectivity index (χ1n) is 10.2. The molecule has 0 spiro atoms. The van der Waals surface area contributed by atoms with Crippen LogP contribution in [0.25, 0.3) is 5.69 Å². The van der Waals surface area contributed by atoms with Crippen molar-refractivity contribution in [2.24, 2.45) is 0 Å². The lowest BCUT2D eigenvalue weighted by Crippen LogP contribution is -2.22. The van der Waals surface area contributed by atoms with E-state index in [0.717, 1.165) is 36.7 Å². The molecule has 2 atom stereocenters. The highest BCUT2D eigenvalue weighted by Crippen LogP contribution is 2.39. The van der Waals surface area contributed by atoms with E-state index in [0.29, 0.717) is 18.0 Å². The molecule has 0 radical (unpaired) electrons. The summed E-state index contributed by atoms with van der Waals surface area (Å²) >= 11 is 0. The number of aromatic nitrogens is 4. The number of rotatable bonds is 6. The standard InChI is InChI=1S/C22H24N6O/c29-21-3-1-2-10-28(21)19-8-9-20(23-14-19)26-17-6-7-18(11-17)27-22-24-12-16(13-25-22)15-4-5-15/h1-3,8-10,12-15,17-18H,4-7,11H2,(H,23,26)(H,24,25,27)/t17-,18+/m1/s1. The summed E-state index contributed by atoms with van der Waals surface area (Å²) in [7, 11) is 0. The van der Waals surface area contributed by atoms with E-state index >= 15 is 0 Å². The van der Waals surface area contributed by atoms with Crippen molar-refractivity contribution in [2.75, 3.05) is 10.6 Å². The van der Waals surface area contributed by atoms with E-state index in [2.05, 4.69) is 25.6 Å². The number of anilines is 2. The van der Waals surface area contributed by atoms with Crippen molar-refractivity contribution < 1.29 is 0 Å². The van der Waals surface area contributed by atoms with Crippen LogP contribution >= 0.6 is 0 Å². The van der Waals surface area contributed by atoms with Crippen LogP contribution in [-0.4, -0.2) is 31.6 Å². The molecule has 7 nitrogen and oxygen atoms in total. The van der Waals surface area contributed by atoms with Crippen LogP contribution in [-0.2, 0) is 0 Å². The van der Waals surface area contributed by atoms with E-state index in [1.807, 2.05) is 30.6 Å². The number of nitrogens with one attached hydrogen (secondary N) is 2. The van der Waals surface area contributed by atoms with Crippen LogP contribution < -0.4 is 16.2 Å². The Morgan fingerprint density at radius 1 is 0.862 bits per heavy atom. The second-order valence-corrected chi connectivity index (χ2v) is 7.92. The third-order valence-corrected chi connectivity index (χ3v) is 5.69. The van der Waals surface area contributed by atoms with Gasteiger partial charge in [0.2, 0.25) is 5.95 Å². The van der Waals surface area contributed by atoms with Crippen LogP contribution in [0.15, 0.2) is 59.9 Å². The first kappa shape index (κ1) is 17.8. The van der Waals surface area contributed by atoms with E-state index in [1.165, 1.54) is 18.4 Å². The third-order valence-electron chi connectivity index (χ3n) is 5.69. The van der Waals surface area contributed by atoms with Crippen LogP contribution in [0.3, 0.4) is 0 Å². The lowest BCUT2D eigenvalue weighted by molar-refractivity contribution is 0.716. The summed E-state index contributed by atoms with van der Waals surface area (Å²) in [5.74, 6) is 2.23. The first-order chi connectivity index (χ1) is 14.2. The van der Waals surface area contributed by atoms with E-state index in [1.54, 1.807) is 29.1 Å². The molecule has 2 saturated carbocycles. The van der Waals surface area contributed by atoms with Gasteiger partial charge in [0, 0.05) is 36.7 Å². The maximum atomic E-state index is 11.9. The van der Waals surface area contributed by atoms with Crippen molar-refractivity contribution in [3.05, 3.63) is 71.0 Å². The van der Waals surface area contributed by atoms with Crippen molar-refractivity contribution in [1.82, 2.24) is 19.5 Å². The molecule has 0 aliphatic heterocycles. The molecular weight excluding hydrogens is 364 g/mol. The fraction of sp³-hybridized carbons (Fsp3) is 0.364. The van der Waals surface area contributed by atoms with Crippen molar-refractivity contribution in [1.29, 1.82) is 0 Å². The number of hydrogen-bond donors (Lipinski definition) is 2. The van der Waals surface area contributed by atoms with Crippen molar-refractivity contribution in [2.45, 2.75) is 50.1 Å². The molecule has 3 aromatic rings. The normalized spacial score (nSPS) is 21.1. The summed E-state index contributed by atoms with van der Waals surface area (Å²) < 4.78 is 1.58. The van der Waals surface area contributed by atoms with Crippen LogP contribution in [0.5, 0.6) is 0 Å². The molecule has 2 aliphatic rings. The quantitative estimate of drug-likeness (QED) is 0.674. The Morgan fingerprint density at radius 3 is 2.34 bits per heavy atom. The van der Waals surface area contributed by atoms with E-state index < -0.39 is 0 Å². The third kappa shape index (κ3) is 4.13. The lowest BCUT2D eigenvalue weighted by atomic mass is 10.2. The molecule has 7 heteroatoms. The number of nitrogens with zero attached hydrogens (tertiary/aromatic N) is 4. The molecule has 2 aliphatic carbocycles.